The van der Waals surface area contributed by atoms with Gasteiger partial charge in [0.05, 0.1) is 18.6 Å². The first-order chi connectivity index (χ1) is 12.2. The molecule has 0 saturated carbocycles. The molecule has 0 bridgehead atoms. The Morgan fingerprint density at radius 3 is 2.60 bits per heavy atom. The summed E-state index contributed by atoms with van der Waals surface area (Å²) in [7, 11) is 1.58. The van der Waals surface area contributed by atoms with E-state index in [1.807, 2.05) is 11.4 Å². The smallest absolute Gasteiger partial charge is 0.223 e. The molecular formula is C20H28N2O2S. The van der Waals surface area contributed by atoms with E-state index in [9.17, 15) is 4.79 Å². The second-order valence-electron chi connectivity index (χ2n) is 6.16. The Kier molecular flexibility index (Phi) is 8.12. The molecule has 1 heterocycles. The predicted octanol–water partition coefficient (Wildman–Crippen LogP) is 3.66. The highest BCUT2D eigenvalue weighted by atomic mass is 32.1. The number of hydrogen-bond donors (Lipinski definition) is 2. The summed E-state index contributed by atoms with van der Waals surface area (Å²) in [5.74, 6) is -0.0502. The molecule has 4 nitrogen and oxygen atoms in total. The van der Waals surface area contributed by atoms with E-state index in [-0.39, 0.29) is 24.5 Å². The third-order valence-electron chi connectivity index (χ3n) is 4.27. The number of nitrogens with one attached hydrogen (secondary N) is 1. The van der Waals surface area contributed by atoms with E-state index in [2.05, 4.69) is 42.6 Å². The van der Waals surface area contributed by atoms with E-state index in [0.717, 1.165) is 16.9 Å². The number of aryl methyl sites for hydroxylation is 1. The normalized spacial score (nSPS) is 13.4. The number of benzene rings is 1. The molecule has 2 unspecified atom stereocenters. The average Bonchev–Trinajstić information content (AvgIpc) is 3.17. The summed E-state index contributed by atoms with van der Waals surface area (Å²) in [5.41, 5.74) is 8.05. The summed E-state index contributed by atoms with van der Waals surface area (Å²) in [6.07, 6.45) is 3.50. The van der Waals surface area contributed by atoms with Crippen LogP contribution in [0.4, 0.5) is 0 Å². The third-order valence-corrected chi connectivity index (χ3v) is 5.21. The first-order valence-corrected chi connectivity index (χ1v) is 9.70. The fraction of sp³-hybridized carbons (Fsp3) is 0.450. The molecular weight excluding hydrogens is 332 g/mol. The quantitative estimate of drug-likeness (QED) is 0.679. The summed E-state index contributed by atoms with van der Waals surface area (Å²) in [6, 6.07) is 12.5. The SMILES string of the molecule is CCCCc1ccc(C(NC(=O)CC(CN)OC)c2cccs2)cc1. The Hall–Kier alpha value is -1.69. The van der Waals surface area contributed by atoms with Crippen molar-refractivity contribution in [3.8, 4) is 0 Å². The monoisotopic (exact) mass is 360 g/mol. The maximum absolute atomic E-state index is 12.4. The van der Waals surface area contributed by atoms with Crippen LogP contribution in [-0.4, -0.2) is 25.7 Å². The summed E-state index contributed by atoms with van der Waals surface area (Å²) < 4.78 is 5.22. The van der Waals surface area contributed by atoms with Gasteiger partial charge in [-0.05, 0) is 35.4 Å². The Bertz CT molecular complexity index is 622. The first kappa shape index (κ1) is 19.6. The number of amides is 1. The molecule has 0 aliphatic heterocycles. The molecule has 2 aromatic rings. The lowest BCUT2D eigenvalue weighted by molar-refractivity contribution is -0.123. The number of thiophene rings is 1. The van der Waals surface area contributed by atoms with Crippen molar-refractivity contribution in [3.05, 3.63) is 57.8 Å². The van der Waals surface area contributed by atoms with E-state index in [0.29, 0.717) is 6.54 Å². The van der Waals surface area contributed by atoms with Crippen LogP contribution in [0.15, 0.2) is 41.8 Å². The number of nitrogens with two attached hydrogens (primary N) is 1. The van der Waals surface area contributed by atoms with Crippen LogP contribution in [0.3, 0.4) is 0 Å². The van der Waals surface area contributed by atoms with Gasteiger partial charge in [0.1, 0.15) is 0 Å². The average molecular weight is 361 g/mol. The molecule has 1 aromatic heterocycles. The van der Waals surface area contributed by atoms with Crippen molar-refractivity contribution in [3.63, 3.8) is 0 Å². The van der Waals surface area contributed by atoms with Crippen LogP contribution < -0.4 is 11.1 Å². The van der Waals surface area contributed by atoms with Gasteiger partial charge in [0.25, 0.3) is 0 Å². The number of unbranched alkanes of at least 4 members (excludes halogenated alkanes) is 1. The van der Waals surface area contributed by atoms with Crippen molar-refractivity contribution in [2.24, 2.45) is 5.73 Å². The van der Waals surface area contributed by atoms with Gasteiger partial charge in [0.2, 0.25) is 5.91 Å². The molecule has 0 aliphatic rings. The van der Waals surface area contributed by atoms with Crippen molar-refractivity contribution in [2.75, 3.05) is 13.7 Å². The fourth-order valence-corrected chi connectivity index (χ4v) is 3.52. The molecule has 0 spiro atoms. The minimum Gasteiger partial charge on any atom is -0.380 e. The summed E-state index contributed by atoms with van der Waals surface area (Å²) >= 11 is 1.65. The summed E-state index contributed by atoms with van der Waals surface area (Å²) in [5, 5.41) is 5.16. The molecule has 2 rings (SSSR count). The van der Waals surface area contributed by atoms with Gasteiger partial charge >= 0.3 is 0 Å². The second-order valence-corrected chi connectivity index (χ2v) is 7.14. The first-order valence-electron chi connectivity index (χ1n) is 8.82. The third kappa shape index (κ3) is 5.96. The molecule has 0 aliphatic carbocycles. The maximum atomic E-state index is 12.4. The Labute approximate surface area is 154 Å². The molecule has 0 fully saturated rings. The Morgan fingerprint density at radius 1 is 1.28 bits per heavy atom. The molecule has 1 aromatic carbocycles. The number of methoxy groups -OCH3 is 1. The largest absolute Gasteiger partial charge is 0.380 e. The van der Waals surface area contributed by atoms with Crippen molar-refractivity contribution in [1.82, 2.24) is 5.32 Å². The number of carbonyl (C=O) groups is 1. The zero-order valence-corrected chi connectivity index (χ0v) is 15.9. The standard InChI is InChI=1S/C20H28N2O2S/c1-3-4-6-15-8-10-16(11-9-15)20(18-7-5-12-25-18)22-19(23)13-17(14-21)24-2/h5,7-12,17,20H,3-4,6,13-14,21H2,1-2H3,(H,22,23). The number of carbonyl (C=O) groups excluding carboxylic acids is 1. The van der Waals surface area contributed by atoms with Gasteiger partial charge in [-0.2, -0.15) is 0 Å². The predicted molar refractivity (Wildman–Crippen MR) is 104 cm³/mol. The lowest BCUT2D eigenvalue weighted by atomic mass is 10.0. The van der Waals surface area contributed by atoms with E-state index in [4.69, 9.17) is 10.5 Å². The van der Waals surface area contributed by atoms with Crippen LogP contribution in [-0.2, 0) is 16.0 Å². The zero-order valence-electron chi connectivity index (χ0n) is 15.0. The van der Waals surface area contributed by atoms with Gasteiger partial charge < -0.3 is 15.8 Å². The molecule has 136 valence electrons. The van der Waals surface area contributed by atoms with Crippen LogP contribution in [0, 0.1) is 0 Å². The van der Waals surface area contributed by atoms with Crippen molar-refractivity contribution in [2.45, 2.75) is 44.8 Å². The molecule has 0 saturated heterocycles. The maximum Gasteiger partial charge on any atom is 0.223 e. The topological polar surface area (TPSA) is 64.4 Å². The highest BCUT2D eigenvalue weighted by Crippen LogP contribution is 2.26. The fourth-order valence-electron chi connectivity index (χ4n) is 2.72. The highest BCUT2D eigenvalue weighted by molar-refractivity contribution is 7.10. The minimum absolute atomic E-state index is 0.0502. The highest BCUT2D eigenvalue weighted by Gasteiger charge is 2.20. The lowest BCUT2D eigenvalue weighted by Crippen LogP contribution is -2.34. The van der Waals surface area contributed by atoms with Gasteiger partial charge in [-0.1, -0.05) is 43.7 Å². The molecule has 5 heteroatoms. The van der Waals surface area contributed by atoms with Gasteiger partial charge in [-0.25, -0.2) is 0 Å². The number of ether oxygens (including phenoxy) is 1. The Morgan fingerprint density at radius 2 is 2.04 bits per heavy atom. The van der Waals surface area contributed by atoms with Crippen molar-refractivity contribution in [1.29, 1.82) is 0 Å². The lowest BCUT2D eigenvalue weighted by Gasteiger charge is -2.20. The molecule has 0 radical (unpaired) electrons. The van der Waals surface area contributed by atoms with Crippen LogP contribution in [0.25, 0.3) is 0 Å². The van der Waals surface area contributed by atoms with Gasteiger partial charge in [-0.3, -0.25) is 4.79 Å². The minimum atomic E-state index is -0.250. The van der Waals surface area contributed by atoms with Crippen LogP contribution >= 0.6 is 11.3 Å². The molecule has 2 atom stereocenters. The van der Waals surface area contributed by atoms with Crippen molar-refractivity contribution < 1.29 is 9.53 Å². The zero-order chi connectivity index (χ0) is 18.1. The van der Waals surface area contributed by atoms with Crippen LogP contribution in [0.5, 0.6) is 0 Å². The Balaban J connectivity index is 2.12. The van der Waals surface area contributed by atoms with Gasteiger partial charge in [0.15, 0.2) is 0 Å². The molecule has 25 heavy (non-hydrogen) atoms. The molecule has 1 amide bonds. The van der Waals surface area contributed by atoms with Crippen LogP contribution in [0.1, 0.15) is 48.2 Å². The van der Waals surface area contributed by atoms with E-state index in [1.54, 1.807) is 18.4 Å². The summed E-state index contributed by atoms with van der Waals surface area (Å²) in [6.45, 7) is 2.53. The van der Waals surface area contributed by atoms with Gasteiger partial charge in [-0.15, -0.1) is 11.3 Å². The van der Waals surface area contributed by atoms with Gasteiger partial charge in [0, 0.05) is 18.5 Å². The van der Waals surface area contributed by atoms with E-state index >= 15 is 0 Å². The van der Waals surface area contributed by atoms with E-state index in [1.165, 1.54) is 18.4 Å². The second kappa shape index (κ2) is 10.3. The molecule has 3 N–H and O–H groups in total. The van der Waals surface area contributed by atoms with E-state index < -0.39 is 0 Å². The number of hydrogen-bond acceptors (Lipinski definition) is 4. The van der Waals surface area contributed by atoms with Crippen molar-refractivity contribution >= 4 is 17.2 Å². The van der Waals surface area contributed by atoms with Crippen LogP contribution in [0.2, 0.25) is 0 Å². The summed E-state index contributed by atoms with van der Waals surface area (Å²) in [4.78, 5) is 13.5. The number of rotatable bonds is 10.